The molecule has 1 atom stereocenters. The van der Waals surface area contributed by atoms with Gasteiger partial charge in [0.2, 0.25) is 0 Å². The zero-order valence-corrected chi connectivity index (χ0v) is 20.1. The van der Waals surface area contributed by atoms with Crippen LogP contribution in [0.15, 0.2) is 59.6 Å². The first-order chi connectivity index (χ1) is 17.5. The molecule has 1 unspecified atom stereocenters. The highest BCUT2D eigenvalue weighted by molar-refractivity contribution is 6.33. The number of anilines is 2. The predicted octanol–water partition coefficient (Wildman–Crippen LogP) is 4.24. The molecule has 1 aliphatic heterocycles. The molecule has 0 spiro atoms. The molecule has 1 amide bonds. The van der Waals surface area contributed by atoms with Gasteiger partial charge in [-0.2, -0.15) is 0 Å². The number of rotatable bonds is 8. The number of aromatic nitrogens is 3. The van der Waals surface area contributed by atoms with E-state index in [1.807, 2.05) is 10.8 Å². The van der Waals surface area contributed by atoms with Crippen molar-refractivity contribution in [3.05, 3.63) is 82.7 Å². The standard InChI is InChI=1S/C25H23ClFN5O4/c1-35-14-19-12-31-10-17(20-8-24(28-9-21(20)26)29-23-4-5-36-30-23)7-22(31)25(34)32(19)11-16-6-18(27)3-2-15(16)13-33/h2-10,19,33H,11-14H2,1H3,(H,28,29,30). The van der Waals surface area contributed by atoms with E-state index in [0.717, 1.165) is 5.56 Å². The third kappa shape index (κ3) is 4.70. The van der Waals surface area contributed by atoms with Gasteiger partial charge in [0, 0.05) is 49.8 Å². The van der Waals surface area contributed by atoms with Crippen LogP contribution in [0.1, 0.15) is 21.6 Å². The molecule has 4 aromatic rings. The molecule has 2 N–H and O–H groups in total. The number of nitrogens with one attached hydrogen (secondary N) is 1. The van der Waals surface area contributed by atoms with Crippen LogP contribution >= 0.6 is 11.6 Å². The van der Waals surface area contributed by atoms with Crippen molar-refractivity contribution in [2.75, 3.05) is 19.0 Å². The van der Waals surface area contributed by atoms with Gasteiger partial charge in [0.1, 0.15) is 23.6 Å². The van der Waals surface area contributed by atoms with E-state index >= 15 is 0 Å². The van der Waals surface area contributed by atoms with Crippen LogP contribution in [0.3, 0.4) is 0 Å². The first-order valence-electron chi connectivity index (χ1n) is 11.2. The number of nitrogens with zero attached hydrogens (tertiary/aromatic N) is 4. The summed E-state index contributed by atoms with van der Waals surface area (Å²) in [6, 6.07) is 9.09. The minimum atomic E-state index is -0.428. The van der Waals surface area contributed by atoms with Crippen LogP contribution in [-0.2, 0) is 24.4 Å². The Hall–Kier alpha value is -3.73. The molecule has 0 saturated carbocycles. The summed E-state index contributed by atoms with van der Waals surface area (Å²) in [4.78, 5) is 19.6. The van der Waals surface area contributed by atoms with Crippen LogP contribution in [-0.4, -0.2) is 50.4 Å². The van der Waals surface area contributed by atoms with Gasteiger partial charge in [-0.15, -0.1) is 0 Å². The number of hydrogen-bond donors (Lipinski definition) is 2. The van der Waals surface area contributed by atoms with Crippen molar-refractivity contribution in [1.82, 2.24) is 19.6 Å². The maximum atomic E-state index is 14.0. The summed E-state index contributed by atoms with van der Waals surface area (Å²) in [5.41, 5.74) is 3.02. The number of pyridine rings is 1. The van der Waals surface area contributed by atoms with Crippen LogP contribution in [0.4, 0.5) is 16.0 Å². The summed E-state index contributed by atoms with van der Waals surface area (Å²) in [5, 5.41) is 17.0. The Balaban J connectivity index is 1.48. The van der Waals surface area contributed by atoms with Gasteiger partial charge in [-0.05, 0) is 35.4 Å². The van der Waals surface area contributed by atoms with E-state index in [9.17, 15) is 14.3 Å². The molecule has 0 radical (unpaired) electrons. The van der Waals surface area contributed by atoms with E-state index in [0.29, 0.717) is 52.2 Å². The van der Waals surface area contributed by atoms with E-state index in [1.54, 1.807) is 30.2 Å². The summed E-state index contributed by atoms with van der Waals surface area (Å²) in [7, 11) is 1.57. The maximum absolute atomic E-state index is 14.0. The number of hydrogen-bond acceptors (Lipinski definition) is 7. The molecule has 11 heteroatoms. The topological polar surface area (TPSA) is 106 Å². The van der Waals surface area contributed by atoms with Crippen molar-refractivity contribution in [3.8, 4) is 11.1 Å². The third-order valence-electron chi connectivity index (χ3n) is 6.12. The van der Waals surface area contributed by atoms with Crippen molar-refractivity contribution in [2.24, 2.45) is 0 Å². The quantitative estimate of drug-likeness (QED) is 0.364. The van der Waals surface area contributed by atoms with Gasteiger partial charge in [-0.1, -0.05) is 22.8 Å². The van der Waals surface area contributed by atoms with Crippen LogP contribution in [0.25, 0.3) is 11.1 Å². The fourth-order valence-electron chi connectivity index (χ4n) is 4.38. The lowest BCUT2D eigenvalue weighted by molar-refractivity contribution is 0.0386. The number of halogens is 2. The van der Waals surface area contributed by atoms with Gasteiger partial charge in [-0.3, -0.25) is 4.79 Å². The van der Waals surface area contributed by atoms with Crippen molar-refractivity contribution >= 4 is 29.1 Å². The monoisotopic (exact) mass is 511 g/mol. The Bertz CT molecular complexity index is 1390. The summed E-state index contributed by atoms with van der Waals surface area (Å²) in [6.45, 7) is 0.664. The van der Waals surface area contributed by atoms with Crippen molar-refractivity contribution in [3.63, 3.8) is 0 Å². The fourth-order valence-corrected chi connectivity index (χ4v) is 4.59. The third-order valence-corrected chi connectivity index (χ3v) is 6.42. The van der Waals surface area contributed by atoms with E-state index in [-0.39, 0.29) is 25.1 Å². The molecule has 0 aliphatic carbocycles. The number of carbonyl (C=O) groups excluding carboxylic acids is 1. The molecule has 3 aromatic heterocycles. The average molecular weight is 512 g/mol. The second-order valence-corrected chi connectivity index (χ2v) is 8.85. The van der Waals surface area contributed by atoms with Crippen molar-refractivity contribution < 1.29 is 23.6 Å². The minimum Gasteiger partial charge on any atom is -0.392 e. The Morgan fingerprint density at radius 2 is 2.11 bits per heavy atom. The Morgan fingerprint density at radius 1 is 1.25 bits per heavy atom. The number of benzene rings is 1. The zero-order valence-electron chi connectivity index (χ0n) is 19.3. The first kappa shape index (κ1) is 24.0. The lowest BCUT2D eigenvalue weighted by Gasteiger charge is -2.36. The number of aliphatic hydroxyl groups is 1. The molecular formula is C25H23ClFN5O4. The van der Waals surface area contributed by atoms with E-state index in [2.05, 4.69) is 15.5 Å². The number of fused-ring (bicyclic) bond motifs is 1. The lowest BCUT2D eigenvalue weighted by Crippen LogP contribution is -2.49. The average Bonchev–Trinajstić information content (AvgIpc) is 3.53. The number of amides is 1. The predicted molar refractivity (Wildman–Crippen MR) is 130 cm³/mol. The molecule has 1 aromatic carbocycles. The summed E-state index contributed by atoms with van der Waals surface area (Å²) >= 11 is 6.47. The molecule has 9 nitrogen and oxygen atoms in total. The largest absolute Gasteiger partial charge is 0.392 e. The van der Waals surface area contributed by atoms with Gasteiger partial charge < -0.3 is 29.2 Å². The summed E-state index contributed by atoms with van der Waals surface area (Å²) in [5.74, 6) is 0.358. The molecule has 186 valence electrons. The smallest absolute Gasteiger partial charge is 0.271 e. The Kier molecular flexibility index (Phi) is 6.73. The lowest BCUT2D eigenvalue weighted by atomic mass is 10.0. The molecule has 5 rings (SSSR count). The van der Waals surface area contributed by atoms with E-state index in [1.165, 1.54) is 30.7 Å². The Labute approximate surface area is 211 Å². The van der Waals surface area contributed by atoms with Crippen LogP contribution < -0.4 is 5.32 Å². The zero-order chi connectivity index (χ0) is 25.2. The molecule has 0 saturated heterocycles. The van der Waals surface area contributed by atoms with Gasteiger partial charge >= 0.3 is 0 Å². The second kappa shape index (κ2) is 10.1. The molecule has 4 heterocycles. The number of ether oxygens (including phenoxy) is 1. The van der Waals surface area contributed by atoms with Crippen LogP contribution in [0.2, 0.25) is 5.02 Å². The molecular weight excluding hydrogens is 489 g/mol. The van der Waals surface area contributed by atoms with E-state index in [4.69, 9.17) is 20.9 Å². The van der Waals surface area contributed by atoms with Crippen molar-refractivity contribution in [2.45, 2.75) is 25.7 Å². The number of aliphatic hydroxyl groups excluding tert-OH is 1. The first-order valence-corrected chi connectivity index (χ1v) is 11.6. The molecule has 36 heavy (non-hydrogen) atoms. The highest BCUT2D eigenvalue weighted by Crippen LogP contribution is 2.34. The normalized spacial score (nSPS) is 15.3. The number of carbonyl (C=O) groups is 1. The molecule has 0 bridgehead atoms. The highest BCUT2D eigenvalue weighted by atomic mass is 35.5. The summed E-state index contributed by atoms with van der Waals surface area (Å²) < 4.78 is 26.1. The minimum absolute atomic E-state index is 0.142. The molecule has 0 fully saturated rings. The van der Waals surface area contributed by atoms with Gasteiger partial charge in [-0.25, -0.2) is 9.37 Å². The van der Waals surface area contributed by atoms with Crippen LogP contribution in [0, 0.1) is 5.82 Å². The van der Waals surface area contributed by atoms with Gasteiger partial charge in [0.05, 0.1) is 24.3 Å². The summed E-state index contributed by atoms with van der Waals surface area (Å²) in [6.07, 6.45) is 4.84. The van der Waals surface area contributed by atoms with E-state index < -0.39 is 5.82 Å². The second-order valence-electron chi connectivity index (χ2n) is 8.44. The van der Waals surface area contributed by atoms with Gasteiger partial charge in [0.25, 0.3) is 5.91 Å². The maximum Gasteiger partial charge on any atom is 0.271 e. The van der Waals surface area contributed by atoms with Crippen molar-refractivity contribution in [1.29, 1.82) is 0 Å². The number of methoxy groups -OCH3 is 1. The van der Waals surface area contributed by atoms with Crippen LogP contribution in [0.5, 0.6) is 0 Å². The Morgan fingerprint density at radius 3 is 2.86 bits per heavy atom. The SMILES string of the molecule is COCC1Cn2cc(-c3cc(Nc4ccon4)ncc3Cl)cc2C(=O)N1Cc1cc(F)ccc1CO. The molecule has 1 aliphatic rings. The fraction of sp³-hybridized carbons (Fsp3) is 0.240. The van der Waals surface area contributed by atoms with Gasteiger partial charge in [0.15, 0.2) is 5.82 Å². The highest BCUT2D eigenvalue weighted by Gasteiger charge is 2.34.